The minimum Gasteiger partial charge on any atom is -0.444 e. The van der Waals surface area contributed by atoms with Crippen molar-refractivity contribution in [2.24, 2.45) is 5.92 Å². The molecular weight excluding hydrogens is 406 g/mol. The number of benzene rings is 1. The van der Waals surface area contributed by atoms with E-state index in [1.807, 2.05) is 11.8 Å². The number of halogens is 1. The van der Waals surface area contributed by atoms with Crippen molar-refractivity contribution in [3.8, 4) is 11.5 Å². The van der Waals surface area contributed by atoms with E-state index >= 15 is 0 Å². The van der Waals surface area contributed by atoms with Crippen LogP contribution in [0.15, 0.2) is 33.3 Å². The summed E-state index contributed by atoms with van der Waals surface area (Å²) in [6.45, 7) is 5.80. The summed E-state index contributed by atoms with van der Waals surface area (Å²) in [5, 5.41) is 11.7. The van der Waals surface area contributed by atoms with E-state index in [0.29, 0.717) is 39.9 Å². The van der Waals surface area contributed by atoms with Crippen LogP contribution in [-0.2, 0) is 5.54 Å². The lowest BCUT2D eigenvalue weighted by molar-refractivity contribution is -0.110. The summed E-state index contributed by atoms with van der Waals surface area (Å²) < 4.78 is 11.2. The summed E-state index contributed by atoms with van der Waals surface area (Å²) >= 11 is 6.33. The lowest BCUT2D eigenvalue weighted by Gasteiger charge is -2.61. The molecule has 9 heteroatoms. The van der Waals surface area contributed by atoms with Crippen molar-refractivity contribution in [3.63, 3.8) is 0 Å². The van der Waals surface area contributed by atoms with Crippen LogP contribution in [0.2, 0.25) is 5.02 Å². The largest absolute Gasteiger partial charge is 0.444 e. The summed E-state index contributed by atoms with van der Waals surface area (Å²) in [5.74, 6) is 1.92. The van der Waals surface area contributed by atoms with Crippen LogP contribution < -0.4 is 5.32 Å². The van der Waals surface area contributed by atoms with Crippen molar-refractivity contribution >= 4 is 23.3 Å². The van der Waals surface area contributed by atoms with Gasteiger partial charge >= 0.3 is 6.03 Å². The highest BCUT2D eigenvalue weighted by Crippen LogP contribution is 2.55. The van der Waals surface area contributed by atoms with Gasteiger partial charge in [0, 0.05) is 25.1 Å². The van der Waals surface area contributed by atoms with Crippen LogP contribution in [-0.4, -0.2) is 32.2 Å². The highest BCUT2D eigenvalue weighted by molar-refractivity contribution is 6.33. The average Bonchev–Trinajstić information content (AvgIpc) is 3.31. The monoisotopic (exact) mass is 427 g/mol. The van der Waals surface area contributed by atoms with Crippen LogP contribution in [0.25, 0.3) is 11.5 Å². The van der Waals surface area contributed by atoms with Gasteiger partial charge in [-0.05, 0) is 43.9 Å². The Balaban J connectivity index is 1.43. The highest BCUT2D eigenvalue weighted by atomic mass is 35.5. The number of piperidine rings is 1. The topological polar surface area (TPSA) is 97.3 Å². The van der Waals surface area contributed by atoms with Crippen LogP contribution in [0.4, 0.5) is 10.5 Å². The quantitative estimate of drug-likeness (QED) is 0.636. The number of amides is 2. The maximum Gasteiger partial charge on any atom is 0.323 e. The van der Waals surface area contributed by atoms with Gasteiger partial charge in [-0.2, -0.15) is 0 Å². The van der Waals surface area contributed by atoms with Crippen molar-refractivity contribution in [1.82, 2.24) is 20.1 Å². The van der Waals surface area contributed by atoms with Gasteiger partial charge in [0.25, 0.3) is 0 Å². The Morgan fingerprint density at radius 2 is 2.13 bits per heavy atom. The van der Waals surface area contributed by atoms with Crippen LogP contribution in [0, 0.1) is 19.8 Å². The van der Waals surface area contributed by atoms with Crippen LogP contribution in [0.1, 0.15) is 43.7 Å². The Labute approximate surface area is 178 Å². The van der Waals surface area contributed by atoms with E-state index in [1.165, 1.54) is 0 Å². The minimum atomic E-state index is -0.539. The number of carbonyl (C=O) groups is 1. The Kier molecular flexibility index (Phi) is 4.36. The number of nitrogens with one attached hydrogen (secondary N) is 1. The molecular formula is C21H22ClN5O3. The molecule has 0 spiro atoms. The van der Waals surface area contributed by atoms with E-state index in [-0.39, 0.29) is 12.1 Å². The molecule has 2 aliphatic heterocycles. The highest BCUT2D eigenvalue weighted by Gasteiger charge is 2.62. The van der Waals surface area contributed by atoms with Crippen LogP contribution in [0.5, 0.6) is 0 Å². The van der Waals surface area contributed by atoms with Gasteiger partial charge in [0.2, 0.25) is 17.7 Å². The van der Waals surface area contributed by atoms with Crippen molar-refractivity contribution < 1.29 is 13.6 Å². The van der Waals surface area contributed by atoms with Crippen LogP contribution in [0.3, 0.4) is 0 Å². The molecule has 0 saturated carbocycles. The molecule has 0 aliphatic carbocycles. The van der Waals surface area contributed by atoms with Gasteiger partial charge in [0.1, 0.15) is 11.8 Å². The predicted molar refractivity (Wildman–Crippen MR) is 110 cm³/mol. The van der Waals surface area contributed by atoms with Crippen molar-refractivity contribution in [2.75, 3.05) is 5.32 Å². The normalized spacial score (nSPS) is 25.1. The Bertz CT molecular complexity index is 1130. The van der Waals surface area contributed by atoms with Crippen molar-refractivity contribution in [1.29, 1.82) is 0 Å². The third-order valence-electron chi connectivity index (χ3n) is 5.97. The summed E-state index contributed by atoms with van der Waals surface area (Å²) in [5.41, 5.74) is 1.46. The number of aromatic nitrogens is 3. The Morgan fingerprint density at radius 3 is 2.83 bits per heavy atom. The lowest BCUT2D eigenvalue weighted by Crippen LogP contribution is -2.70. The van der Waals surface area contributed by atoms with Gasteiger partial charge in [0.05, 0.1) is 16.3 Å². The molecule has 1 N–H and O–H groups in total. The number of anilines is 1. The Hall–Kier alpha value is -2.87. The van der Waals surface area contributed by atoms with Gasteiger partial charge in [-0.1, -0.05) is 18.5 Å². The number of nitrogens with zero attached hydrogens (tertiary/aromatic N) is 4. The molecule has 2 aromatic heterocycles. The lowest BCUT2D eigenvalue weighted by atomic mass is 9.64. The zero-order chi connectivity index (χ0) is 21.0. The molecule has 4 heterocycles. The van der Waals surface area contributed by atoms with Gasteiger partial charge in [-0.3, -0.25) is 0 Å². The first-order chi connectivity index (χ1) is 14.4. The second-order valence-corrected chi connectivity index (χ2v) is 8.76. The van der Waals surface area contributed by atoms with Gasteiger partial charge in [0.15, 0.2) is 0 Å². The van der Waals surface area contributed by atoms with Crippen LogP contribution >= 0.6 is 11.6 Å². The van der Waals surface area contributed by atoms with Gasteiger partial charge in [-0.15, -0.1) is 10.2 Å². The standard InChI is InChI=1S/C21H22ClN5O3/c1-11-6-15-9-21(8-11,19-26-25-13(3)30-19)27(15)20(28)24-14-4-5-17(22)16(7-14)18-23-12(2)10-29-18/h4-5,7,10-11,15H,6,8-9H2,1-3H3,(H,24,28)/t11-,15+,21-/m0/s1. The zero-order valence-electron chi connectivity index (χ0n) is 17.0. The fourth-order valence-electron chi connectivity index (χ4n) is 4.86. The van der Waals surface area contributed by atoms with Crippen molar-refractivity contribution in [2.45, 2.75) is 51.6 Å². The molecule has 3 aromatic rings. The predicted octanol–water partition coefficient (Wildman–Crippen LogP) is 4.93. The molecule has 2 aliphatic rings. The molecule has 0 unspecified atom stereocenters. The fraction of sp³-hybridized carbons (Fsp3) is 0.429. The molecule has 8 nitrogen and oxygen atoms in total. The minimum absolute atomic E-state index is 0.155. The molecule has 3 atom stereocenters. The Morgan fingerprint density at radius 1 is 1.30 bits per heavy atom. The number of hydrogen-bond donors (Lipinski definition) is 1. The molecule has 5 rings (SSSR count). The molecule has 2 amide bonds. The number of urea groups is 1. The molecule has 2 bridgehead atoms. The van der Waals surface area contributed by atoms with E-state index in [0.717, 1.165) is 25.0 Å². The molecule has 156 valence electrons. The maximum absolute atomic E-state index is 13.3. The third-order valence-corrected chi connectivity index (χ3v) is 6.30. The molecule has 30 heavy (non-hydrogen) atoms. The van der Waals surface area contributed by atoms with E-state index < -0.39 is 5.54 Å². The molecule has 0 radical (unpaired) electrons. The zero-order valence-corrected chi connectivity index (χ0v) is 17.7. The number of fused-ring (bicyclic) bond motifs is 2. The van der Waals surface area contributed by atoms with Gasteiger partial charge in [-0.25, -0.2) is 9.78 Å². The SMILES string of the molecule is Cc1coc(-c2cc(NC(=O)N3[C@@H]4C[C@H](C)C[C@@]3(c3nnc(C)o3)C4)ccc2Cl)n1. The van der Waals surface area contributed by atoms with E-state index in [9.17, 15) is 4.79 Å². The number of aryl methyl sites for hydroxylation is 2. The van der Waals surface area contributed by atoms with Crippen molar-refractivity contribution in [3.05, 3.63) is 47.0 Å². The number of hydrogen-bond acceptors (Lipinski definition) is 6. The number of rotatable bonds is 3. The summed E-state index contributed by atoms with van der Waals surface area (Å²) in [6, 6.07) is 5.23. The summed E-state index contributed by atoms with van der Waals surface area (Å²) in [6.07, 6.45) is 4.17. The van der Waals surface area contributed by atoms with E-state index in [4.69, 9.17) is 20.4 Å². The molecule has 2 saturated heterocycles. The number of carbonyl (C=O) groups excluding carboxylic acids is 1. The maximum atomic E-state index is 13.3. The first kappa shape index (κ1) is 19.1. The third kappa shape index (κ3) is 2.98. The summed E-state index contributed by atoms with van der Waals surface area (Å²) in [7, 11) is 0. The molecule has 1 aromatic carbocycles. The second kappa shape index (κ2) is 6.84. The van der Waals surface area contributed by atoms with Gasteiger partial charge < -0.3 is 19.1 Å². The first-order valence-corrected chi connectivity index (χ1v) is 10.4. The fourth-order valence-corrected chi connectivity index (χ4v) is 5.06. The second-order valence-electron chi connectivity index (χ2n) is 8.35. The number of oxazole rings is 1. The average molecular weight is 428 g/mol. The molecule has 2 fully saturated rings. The smallest absolute Gasteiger partial charge is 0.323 e. The van der Waals surface area contributed by atoms with E-state index in [2.05, 4.69) is 27.4 Å². The van der Waals surface area contributed by atoms with E-state index in [1.54, 1.807) is 31.4 Å². The first-order valence-electron chi connectivity index (χ1n) is 9.99. The summed E-state index contributed by atoms with van der Waals surface area (Å²) in [4.78, 5) is 19.5.